The van der Waals surface area contributed by atoms with Crippen LogP contribution in [-0.2, 0) is 0 Å². The van der Waals surface area contributed by atoms with Crippen molar-refractivity contribution in [2.75, 3.05) is 0 Å². The van der Waals surface area contributed by atoms with Crippen LogP contribution in [0.15, 0.2) is 59.0 Å². The number of furan rings is 1. The van der Waals surface area contributed by atoms with Gasteiger partial charge in [0.25, 0.3) is 0 Å². The van der Waals surface area contributed by atoms with Crippen LogP contribution < -0.4 is 0 Å². The van der Waals surface area contributed by atoms with Crippen molar-refractivity contribution in [3.8, 4) is 22.5 Å². The Bertz CT molecular complexity index is 1340. The van der Waals surface area contributed by atoms with E-state index in [9.17, 15) is 23.5 Å². The predicted molar refractivity (Wildman–Crippen MR) is 114 cm³/mol. The summed E-state index contributed by atoms with van der Waals surface area (Å²) in [5.74, 6) is -2.63. The average Bonchev–Trinajstić information content (AvgIpc) is 3.12. The number of hydrogen-bond donors (Lipinski definition) is 1. The van der Waals surface area contributed by atoms with Crippen LogP contribution in [0.5, 0.6) is 0 Å². The molecule has 1 heterocycles. The van der Waals surface area contributed by atoms with Gasteiger partial charge in [-0.05, 0) is 54.1 Å². The second kappa shape index (κ2) is 7.96. The zero-order valence-electron chi connectivity index (χ0n) is 16.2. The Hall–Kier alpha value is -3.51. The number of fused-ring (bicyclic) bond motifs is 1. The maximum atomic E-state index is 13.9. The lowest BCUT2D eigenvalue weighted by molar-refractivity contribution is 0.0691. The average molecular weight is 441 g/mol. The molecule has 4 aromatic rings. The topological polar surface area (TPSA) is 67.5 Å². The van der Waals surface area contributed by atoms with Gasteiger partial charge < -0.3 is 9.52 Å². The Morgan fingerprint density at radius 1 is 1.00 bits per heavy atom. The molecule has 0 aliphatic rings. The summed E-state index contributed by atoms with van der Waals surface area (Å²) >= 11 is 6.18. The highest BCUT2D eigenvalue weighted by Crippen LogP contribution is 2.38. The molecule has 7 heteroatoms. The first-order valence-electron chi connectivity index (χ1n) is 9.38. The first-order valence-corrected chi connectivity index (χ1v) is 9.76. The zero-order valence-corrected chi connectivity index (χ0v) is 17.0. The zero-order chi connectivity index (χ0) is 22.3. The minimum atomic E-state index is -1.42. The van der Waals surface area contributed by atoms with Crippen molar-refractivity contribution in [2.45, 2.75) is 13.3 Å². The van der Waals surface area contributed by atoms with Gasteiger partial charge in [0, 0.05) is 22.9 Å². The second-order valence-corrected chi connectivity index (χ2v) is 7.33. The number of hydrogen-bond acceptors (Lipinski definition) is 3. The van der Waals surface area contributed by atoms with Crippen LogP contribution in [0.4, 0.5) is 8.78 Å². The number of rotatable bonds is 5. The highest BCUT2D eigenvalue weighted by Gasteiger charge is 2.22. The molecule has 0 unspecified atom stereocenters. The molecule has 0 atom stereocenters. The summed E-state index contributed by atoms with van der Waals surface area (Å²) in [5.41, 5.74) is 1.60. The van der Waals surface area contributed by atoms with Crippen LogP contribution in [-0.4, -0.2) is 16.9 Å². The summed E-state index contributed by atoms with van der Waals surface area (Å²) in [5, 5.41) is 9.76. The van der Waals surface area contributed by atoms with Gasteiger partial charge in [-0.25, -0.2) is 13.6 Å². The molecule has 0 saturated carbocycles. The fourth-order valence-electron chi connectivity index (χ4n) is 3.46. The first-order chi connectivity index (χ1) is 14.8. The summed E-state index contributed by atoms with van der Waals surface area (Å²) in [6.07, 6.45) is 0.216. The lowest BCUT2D eigenvalue weighted by Gasteiger charge is -2.08. The SMILES string of the molecule is CCC(=O)c1c(-c2ccc(F)cc2)oc2ccc(-c3cc(C(=O)O)c(F)cc3Cl)cc12. The maximum absolute atomic E-state index is 13.9. The van der Waals surface area contributed by atoms with Crippen molar-refractivity contribution in [2.24, 2.45) is 0 Å². The van der Waals surface area contributed by atoms with E-state index in [0.717, 1.165) is 12.1 Å². The molecule has 31 heavy (non-hydrogen) atoms. The molecule has 0 saturated heterocycles. The van der Waals surface area contributed by atoms with Crippen LogP contribution in [0.25, 0.3) is 33.4 Å². The van der Waals surface area contributed by atoms with E-state index < -0.39 is 23.2 Å². The number of aromatic carboxylic acids is 1. The molecule has 0 aliphatic carbocycles. The predicted octanol–water partition coefficient (Wildman–Crippen LogP) is 6.99. The number of benzene rings is 3. The highest BCUT2D eigenvalue weighted by atomic mass is 35.5. The van der Waals surface area contributed by atoms with Crippen molar-refractivity contribution >= 4 is 34.3 Å². The molecule has 1 N–H and O–H groups in total. The molecule has 0 bridgehead atoms. The molecule has 156 valence electrons. The third kappa shape index (κ3) is 3.70. The largest absolute Gasteiger partial charge is 0.478 e. The Balaban J connectivity index is 1.96. The van der Waals surface area contributed by atoms with Crippen molar-refractivity contribution in [3.63, 3.8) is 0 Å². The molecule has 0 spiro atoms. The number of carbonyl (C=O) groups excluding carboxylic acids is 1. The highest BCUT2D eigenvalue weighted by molar-refractivity contribution is 6.33. The van der Waals surface area contributed by atoms with Crippen LogP contribution >= 0.6 is 11.6 Å². The number of halogens is 3. The number of carbonyl (C=O) groups is 2. The molecule has 4 rings (SSSR count). The standard InChI is InChI=1S/C24H15ClF2O4/c1-2-20(28)22-17-9-13(15-10-16(24(29)30)19(27)11-18(15)25)5-8-21(17)31-23(22)12-3-6-14(26)7-4-12/h3-11H,2H2,1H3,(H,29,30). The molecule has 0 fully saturated rings. The van der Waals surface area contributed by atoms with Crippen LogP contribution in [0.1, 0.15) is 34.1 Å². The Kier molecular flexibility index (Phi) is 5.33. The van der Waals surface area contributed by atoms with Gasteiger partial charge in [-0.1, -0.05) is 24.6 Å². The normalized spacial score (nSPS) is 11.1. The van der Waals surface area contributed by atoms with Gasteiger partial charge in [0.2, 0.25) is 0 Å². The summed E-state index contributed by atoms with van der Waals surface area (Å²) in [6.45, 7) is 1.72. The molecular formula is C24H15ClF2O4. The van der Waals surface area contributed by atoms with Gasteiger partial charge in [0.15, 0.2) is 5.78 Å². The van der Waals surface area contributed by atoms with Gasteiger partial charge in [0.05, 0.1) is 16.1 Å². The van der Waals surface area contributed by atoms with Crippen molar-refractivity contribution in [1.82, 2.24) is 0 Å². The Morgan fingerprint density at radius 3 is 2.32 bits per heavy atom. The quantitative estimate of drug-likeness (QED) is 0.339. The molecule has 4 nitrogen and oxygen atoms in total. The Labute approximate surface area is 180 Å². The number of carboxylic acid groups (broad SMARTS) is 1. The summed E-state index contributed by atoms with van der Waals surface area (Å²) in [4.78, 5) is 24.1. The molecule has 0 radical (unpaired) electrons. The van der Waals surface area contributed by atoms with Gasteiger partial charge in [0.1, 0.15) is 23.0 Å². The van der Waals surface area contributed by atoms with E-state index in [4.69, 9.17) is 16.0 Å². The summed E-state index contributed by atoms with van der Waals surface area (Å²) in [6, 6.07) is 12.6. The minimum absolute atomic E-state index is 0.0347. The van der Waals surface area contributed by atoms with E-state index in [2.05, 4.69) is 0 Å². The fraction of sp³-hybridized carbons (Fsp3) is 0.0833. The molecule has 3 aromatic carbocycles. The Morgan fingerprint density at radius 2 is 1.68 bits per heavy atom. The van der Waals surface area contributed by atoms with Crippen LogP contribution in [0, 0.1) is 11.6 Å². The van der Waals surface area contributed by atoms with E-state index in [1.54, 1.807) is 25.1 Å². The van der Waals surface area contributed by atoms with Crippen molar-refractivity contribution < 1.29 is 27.9 Å². The fourth-order valence-corrected chi connectivity index (χ4v) is 3.72. The van der Waals surface area contributed by atoms with Gasteiger partial charge >= 0.3 is 5.97 Å². The smallest absolute Gasteiger partial charge is 0.338 e. The maximum Gasteiger partial charge on any atom is 0.338 e. The van der Waals surface area contributed by atoms with Crippen molar-refractivity contribution in [3.05, 3.63) is 82.4 Å². The third-order valence-electron chi connectivity index (χ3n) is 4.99. The molecule has 0 amide bonds. The third-order valence-corrected chi connectivity index (χ3v) is 5.31. The monoisotopic (exact) mass is 440 g/mol. The van der Waals surface area contributed by atoms with Gasteiger partial charge in [-0.15, -0.1) is 0 Å². The molecular weight excluding hydrogens is 426 g/mol. The van der Waals surface area contributed by atoms with Crippen LogP contribution in [0.3, 0.4) is 0 Å². The van der Waals surface area contributed by atoms with E-state index in [1.165, 1.54) is 24.3 Å². The lowest BCUT2D eigenvalue weighted by Crippen LogP contribution is -2.01. The summed E-state index contributed by atoms with van der Waals surface area (Å²) in [7, 11) is 0. The van der Waals surface area contributed by atoms with Gasteiger partial charge in [-0.3, -0.25) is 4.79 Å². The first kappa shape index (κ1) is 20.8. The summed E-state index contributed by atoms with van der Waals surface area (Å²) < 4.78 is 33.2. The van der Waals surface area contributed by atoms with Gasteiger partial charge in [-0.2, -0.15) is 0 Å². The van der Waals surface area contributed by atoms with Crippen molar-refractivity contribution in [1.29, 1.82) is 0 Å². The molecule has 1 aromatic heterocycles. The van der Waals surface area contributed by atoms with E-state index >= 15 is 0 Å². The van der Waals surface area contributed by atoms with E-state index in [0.29, 0.717) is 39.0 Å². The van der Waals surface area contributed by atoms with E-state index in [-0.39, 0.29) is 17.2 Å². The number of carboxylic acids is 1. The minimum Gasteiger partial charge on any atom is -0.478 e. The second-order valence-electron chi connectivity index (χ2n) is 6.92. The number of Topliss-reactive ketones (excluding diaryl/α,β-unsaturated/α-hetero) is 1. The van der Waals surface area contributed by atoms with Crippen LogP contribution in [0.2, 0.25) is 5.02 Å². The molecule has 0 aliphatic heterocycles. The van der Waals surface area contributed by atoms with E-state index in [1.807, 2.05) is 0 Å². The lowest BCUT2D eigenvalue weighted by atomic mass is 9.97. The number of ketones is 1.